The second kappa shape index (κ2) is 8.95. The van der Waals surface area contributed by atoms with Gasteiger partial charge in [0.2, 0.25) is 0 Å². The van der Waals surface area contributed by atoms with Gasteiger partial charge in [0.1, 0.15) is 0 Å². The lowest BCUT2D eigenvalue weighted by Gasteiger charge is -2.17. The van der Waals surface area contributed by atoms with Crippen LogP contribution >= 0.6 is 0 Å². The summed E-state index contributed by atoms with van der Waals surface area (Å²) in [6.07, 6.45) is 0.190. The molecule has 0 heterocycles. The third kappa shape index (κ3) is 5.14. The number of aryl methyl sites for hydroxylation is 1. The van der Waals surface area contributed by atoms with Crippen LogP contribution in [0.1, 0.15) is 39.4 Å². The summed E-state index contributed by atoms with van der Waals surface area (Å²) in [6.45, 7) is 1.72. The topological polar surface area (TPSA) is 43.4 Å². The van der Waals surface area contributed by atoms with Crippen LogP contribution in [-0.4, -0.2) is 18.4 Å². The molecule has 3 heteroatoms. The van der Waals surface area contributed by atoms with Crippen LogP contribution < -0.4 is 0 Å². The summed E-state index contributed by atoms with van der Waals surface area (Å²) in [7, 11) is 0. The van der Waals surface area contributed by atoms with Gasteiger partial charge in [-0.2, -0.15) is 0 Å². The van der Waals surface area contributed by atoms with Crippen molar-refractivity contribution in [2.24, 2.45) is 0 Å². The summed E-state index contributed by atoms with van der Waals surface area (Å²) in [5.74, 6) is -0.679. The van der Waals surface area contributed by atoms with Crippen LogP contribution in [0.15, 0.2) is 84.9 Å². The van der Waals surface area contributed by atoms with Crippen molar-refractivity contribution in [3.8, 4) is 0 Å². The number of carbonyl (C=O) groups is 2. The first kappa shape index (κ1) is 18.6. The summed E-state index contributed by atoms with van der Waals surface area (Å²) in [6, 6.07) is 27.0. The molecule has 0 radical (unpaired) electrons. The molecule has 0 amide bonds. The summed E-state index contributed by atoms with van der Waals surface area (Å²) in [5, 5.41) is 0. The molecule has 3 aromatic carbocycles. The zero-order valence-electron chi connectivity index (χ0n) is 15.3. The number of rotatable bonds is 7. The second-order valence-corrected chi connectivity index (χ2v) is 6.53. The van der Waals surface area contributed by atoms with E-state index in [1.165, 1.54) is 0 Å². The van der Waals surface area contributed by atoms with Crippen molar-refractivity contribution in [3.05, 3.63) is 107 Å². The van der Waals surface area contributed by atoms with Crippen molar-refractivity contribution in [2.45, 2.75) is 19.3 Å². The van der Waals surface area contributed by atoms with E-state index in [4.69, 9.17) is 4.74 Å². The molecule has 0 saturated carbocycles. The van der Waals surface area contributed by atoms with Gasteiger partial charge in [0.05, 0.1) is 6.42 Å². The Morgan fingerprint density at radius 3 is 1.81 bits per heavy atom. The average Bonchev–Trinajstić information content (AvgIpc) is 2.72. The average molecular weight is 358 g/mol. The number of ketones is 1. The highest BCUT2D eigenvalue weighted by atomic mass is 16.5. The minimum Gasteiger partial charge on any atom is -0.457 e. The molecule has 0 saturated heterocycles. The van der Waals surface area contributed by atoms with Crippen LogP contribution in [0.3, 0.4) is 0 Å². The Bertz CT molecular complexity index is 844. The van der Waals surface area contributed by atoms with Crippen molar-refractivity contribution < 1.29 is 14.3 Å². The van der Waals surface area contributed by atoms with Gasteiger partial charge in [-0.1, -0.05) is 90.5 Å². The number of benzene rings is 3. The Morgan fingerprint density at radius 2 is 1.30 bits per heavy atom. The van der Waals surface area contributed by atoms with Crippen LogP contribution in [-0.2, 0) is 9.53 Å². The maximum Gasteiger partial charge on any atom is 0.307 e. The van der Waals surface area contributed by atoms with Gasteiger partial charge in [0.25, 0.3) is 0 Å². The van der Waals surface area contributed by atoms with E-state index in [2.05, 4.69) is 0 Å². The maximum atomic E-state index is 12.4. The van der Waals surface area contributed by atoms with Crippen molar-refractivity contribution in [1.29, 1.82) is 0 Å². The molecule has 0 spiro atoms. The van der Waals surface area contributed by atoms with E-state index in [1.54, 1.807) is 12.1 Å². The van der Waals surface area contributed by atoms with Crippen LogP contribution in [0.5, 0.6) is 0 Å². The van der Waals surface area contributed by atoms with Gasteiger partial charge < -0.3 is 4.74 Å². The van der Waals surface area contributed by atoms with E-state index in [-0.39, 0.29) is 30.7 Å². The third-order valence-electron chi connectivity index (χ3n) is 4.51. The minimum absolute atomic E-state index is 0.102. The monoisotopic (exact) mass is 358 g/mol. The molecule has 3 rings (SSSR count). The van der Waals surface area contributed by atoms with Crippen molar-refractivity contribution >= 4 is 11.8 Å². The fourth-order valence-electron chi connectivity index (χ4n) is 2.99. The van der Waals surface area contributed by atoms with Crippen molar-refractivity contribution in [1.82, 2.24) is 0 Å². The molecule has 3 nitrogen and oxygen atoms in total. The highest BCUT2D eigenvalue weighted by Gasteiger charge is 2.20. The smallest absolute Gasteiger partial charge is 0.307 e. The predicted octanol–water partition coefficient (Wildman–Crippen LogP) is 4.94. The summed E-state index contributed by atoms with van der Waals surface area (Å²) < 4.78 is 5.27. The van der Waals surface area contributed by atoms with E-state index >= 15 is 0 Å². The van der Waals surface area contributed by atoms with Gasteiger partial charge in [-0.05, 0) is 18.1 Å². The Kier molecular flexibility index (Phi) is 6.16. The highest BCUT2D eigenvalue weighted by Crippen LogP contribution is 2.28. The quantitative estimate of drug-likeness (QED) is 0.444. The fraction of sp³-hybridized carbons (Fsp3) is 0.167. The standard InChI is InChI=1S/C24H22O3/c1-18-12-14-21(15-13-18)23(25)17-27-24(26)16-22(19-8-4-2-5-9-19)20-10-6-3-7-11-20/h2-15,22H,16-17H2,1H3. The van der Waals surface area contributed by atoms with Crippen LogP contribution in [0.2, 0.25) is 0 Å². The molecule has 0 unspecified atom stereocenters. The molecule has 0 atom stereocenters. The number of hydrogen-bond donors (Lipinski definition) is 0. The minimum atomic E-state index is -0.381. The number of ether oxygens (including phenoxy) is 1. The van der Waals surface area contributed by atoms with Crippen molar-refractivity contribution in [3.63, 3.8) is 0 Å². The Labute approximate surface area is 159 Å². The Balaban J connectivity index is 1.66. The van der Waals surface area contributed by atoms with E-state index in [1.807, 2.05) is 79.7 Å². The van der Waals surface area contributed by atoms with E-state index < -0.39 is 0 Å². The second-order valence-electron chi connectivity index (χ2n) is 6.53. The lowest BCUT2D eigenvalue weighted by atomic mass is 9.89. The molecule has 0 aliphatic rings. The highest BCUT2D eigenvalue weighted by molar-refractivity contribution is 5.98. The first-order chi connectivity index (χ1) is 13.1. The zero-order valence-corrected chi connectivity index (χ0v) is 15.3. The normalized spacial score (nSPS) is 10.6. The number of Topliss-reactive ketones (excluding diaryl/α,β-unsaturated/α-hetero) is 1. The molecule has 0 N–H and O–H groups in total. The lowest BCUT2D eigenvalue weighted by molar-refractivity contribution is -0.142. The maximum absolute atomic E-state index is 12.4. The molecule has 27 heavy (non-hydrogen) atoms. The van der Waals surface area contributed by atoms with E-state index in [0.717, 1.165) is 16.7 Å². The number of hydrogen-bond acceptors (Lipinski definition) is 3. The number of esters is 1. The molecule has 3 aromatic rings. The lowest BCUT2D eigenvalue weighted by Crippen LogP contribution is -2.17. The fourth-order valence-corrected chi connectivity index (χ4v) is 2.99. The first-order valence-corrected chi connectivity index (χ1v) is 8.99. The Morgan fingerprint density at radius 1 is 0.778 bits per heavy atom. The zero-order chi connectivity index (χ0) is 19.1. The molecular weight excluding hydrogens is 336 g/mol. The van der Waals surface area contributed by atoms with Crippen LogP contribution in [0.4, 0.5) is 0 Å². The predicted molar refractivity (Wildman–Crippen MR) is 106 cm³/mol. The molecule has 0 aromatic heterocycles. The SMILES string of the molecule is Cc1ccc(C(=O)COC(=O)CC(c2ccccc2)c2ccccc2)cc1. The van der Waals surface area contributed by atoms with Crippen LogP contribution in [0.25, 0.3) is 0 Å². The van der Waals surface area contributed by atoms with E-state index in [0.29, 0.717) is 5.56 Å². The Hall–Kier alpha value is -3.20. The van der Waals surface area contributed by atoms with Crippen molar-refractivity contribution in [2.75, 3.05) is 6.61 Å². The summed E-state index contributed by atoms with van der Waals surface area (Å²) >= 11 is 0. The number of carbonyl (C=O) groups excluding carboxylic acids is 2. The molecule has 136 valence electrons. The third-order valence-corrected chi connectivity index (χ3v) is 4.51. The van der Waals surface area contributed by atoms with Crippen LogP contribution in [0, 0.1) is 6.92 Å². The van der Waals surface area contributed by atoms with E-state index in [9.17, 15) is 9.59 Å². The van der Waals surface area contributed by atoms with Gasteiger partial charge >= 0.3 is 5.97 Å². The van der Waals surface area contributed by atoms with Gasteiger partial charge in [-0.3, -0.25) is 9.59 Å². The summed E-state index contributed by atoms with van der Waals surface area (Å²) in [5.41, 5.74) is 3.73. The molecule has 0 bridgehead atoms. The van der Waals surface area contributed by atoms with Gasteiger partial charge in [-0.15, -0.1) is 0 Å². The molecule has 0 fully saturated rings. The largest absolute Gasteiger partial charge is 0.457 e. The molecular formula is C24H22O3. The first-order valence-electron chi connectivity index (χ1n) is 8.99. The summed E-state index contributed by atoms with van der Waals surface area (Å²) in [4.78, 5) is 24.6. The van der Waals surface area contributed by atoms with Gasteiger partial charge in [0.15, 0.2) is 12.4 Å². The molecule has 0 aliphatic heterocycles. The molecule has 0 aliphatic carbocycles. The van der Waals surface area contributed by atoms with Gasteiger partial charge in [-0.25, -0.2) is 0 Å². The van der Waals surface area contributed by atoms with Gasteiger partial charge in [0, 0.05) is 11.5 Å².